The molecule has 0 spiro atoms. The van der Waals surface area contributed by atoms with Gasteiger partial charge in [-0.15, -0.1) is 10.2 Å². The van der Waals surface area contributed by atoms with Crippen LogP contribution >= 0.6 is 0 Å². The van der Waals surface area contributed by atoms with Crippen LogP contribution in [0.2, 0.25) is 0 Å². The molecule has 0 saturated heterocycles. The molecule has 1 aliphatic heterocycles. The molecule has 0 amide bonds. The minimum absolute atomic E-state index is 0.234. The number of fused-ring (bicyclic) bond motifs is 3. The minimum atomic E-state index is -0.932. The standard InChI is InChI=1S/C27H22N8O.C13H12N6O/c1-36-18-13-22-24(30-14-18)21(11-12-29-22)27(28)15-31-26(32-16-27)33-25-20-10-6-5-9-19(20)23(34-35-25)17-7-3-2-4-8-17;1-20-9-4-11-12(16-7-9)10(2-3-15-11)19-8-5-17-13(14)18-6-8/h2-15H,16,28H2,1H3,(H,32,33,35);2-7H,1H3,(H,15,19)(H2,14,17,18). The van der Waals surface area contributed by atoms with Crippen LogP contribution in [0, 0.1) is 0 Å². The Morgan fingerprint density at radius 2 is 1.34 bits per heavy atom. The van der Waals surface area contributed by atoms with Crippen molar-refractivity contribution in [3.05, 3.63) is 122 Å². The molecular weight excluding hydrogens is 709 g/mol. The summed E-state index contributed by atoms with van der Waals surface area (Å²) in [5.41, 5.74) is 18.3. The molecule has 7 heterocycles. The molecule has 0 saturated carbocycles. The maximum absolute atomic E-state index is 6.74. The Kier molecular flexibility index (Phi) is 9.67. The summed E-state index contributed by atoms with van der Waals surface area (Å²) in [4.78, 5) is 34.6. The van der Waals surface area contributed by atoms with Crippen LogP contribution < -0.4 is 31.6 Å². The Bertz CT molecular complexity index is 2750. The summed E-state index contributed by atoms with van der Waals surface area (Å²) < 4.78 is 10.4. The van der Waals surface area contributed by atoms with Crippen molar-refractivity contribution in [2.24, 2.45) is 15.7 Å². The number of nitrogens with one attached hydrogen (secondary N) is 2. The SMILES string of the molecule is COc1cnc2c(C3(N)C=NC(Nc4nnc(-c5ccccc5)c5ccccc45)=NC3)ccnc2c1.COc1cnc2c(Nc3cnc(N)nc3)ccnc2c1. The van der Waals surface area contributed by atoms with Crippen LogP contribution in [0.5, 0.6) is 11.5 Å². The second-order valence-electron chi connectivity index (χ2n) is 12.5. The number of hydrogen-bond donors (Lipinski definition) is 4. The van der Waals surface area contributed by atoms with E-state index in [4.69, 9.17) is 20.9 Å². The Balaban J connectivity index is 0.000000186. The summed E-state index contributed by atoms with van der Waals surface area (Å²) in [6.45, 7) is 0.277. The first kappa shape index (κ1) is 35.3. The number of methoxy groups -OCH3 is 2. The van der Waals surface area contributed by atoms with E-state index in [1.807, 2.05) is 78.9 Å². The van der Waals surface area contributed by atoms with Crippen molar-refractivity contribution in [2.45, 2.75) is 5.54 Å². The largest absolute Gasteiger partial charge is 0.495 e. The summed E-state index contributed by atoms with van der Waals surface area (Å²) in [6.07, 6.45) is 11.6. The van der Waals surface area contributed by atoms with Gasteiger partial charge in [0.25, 0.3) is 0 Å². The van der Waals surface area contributed by atoms with Gasteiger partial charge in [0.15, 0.2) is 5.82 Å². The summed E-state index contributed by atoms with van der Waals surface area (Å²) in [7, 11) is 3.19. The molecule has 16 nitrogen and oxygen atoms in total. The highest BCUT2D eigenvalue weighted by Gasteiger charge is 2.31. The lowest BCUT2D eigenvalue weighted by molar-refractivity contribution is 0.413. The van der Waals surface area contributed by atoms with E-state index in [1.54, 1.807) is 57.6 Å². The van der Waals surface area contributed by atoms with E-state index in [9.17, 15) is 0 Å². The fraction of sp³-hybridized carbons (Fsp3) is 0.100. The smallest absolute Gasteiger partial charge is 0.223 e. The first-order valence-electron chi connectivity index (χ1n) is 17.3. The monoisotopic (exact) mass is 742 g/mol. The van der Waals surface area contributed by atoms with Crippen molar-refractivity contribution in [3.63, 3.8) is 0 Å². The number of anilines is 4. The van der Waals surface area contributed by atoms with E-state index >= 15 is 0 Å². The molecule has 0 fully saturated rings. The minimum Gasteiger partial charge on any atom is -0.495 e. The number of aliphatic imine (C=N–C) groups is 2. The number of pyridine rings is 4. The average Bonchev–Trinajstić information content (AvgIpc) is 3.25. The van der Waals surface area contributed by atoms with Gasteiger partial charge in [0.1, 0.15) is 22.7 Å². The Labute approximate surface area is 319 Å². The fourth-order valence-electron chi connectivity index (χ4n) is 6.08. The van der Waals surface area contributed by atoms with Crippen LogP contribution in [-0.4, -0.2) is 73.0 Å². The number of nitrogen functional groups attached to an aromatic ring is 1. The van der Waals surface area contributed by atoms with Crippen molar-refractivity contribution in [1.29, 1.82) is 0 Å². The predicted molar refractivity (Wildman–Crippen MR) is 217 cm³/mol. The number of rotatable bonds is 7. The molecule has 6 aromatic heterocycles. The molecule has 1 unspecified atom stereocenters. The molecule has 0 aliphatic carbocycles. The maximum Gasteiger partial charge on any atom is 0.223 e. The Morgan fingerprint density at radius 3 is 2.04 bits per heavy atom. The lowest BCUT2D eigenvalue weighted by atomic mass is 9.91. The summed E-state index contributed by atoms with van der Waals surface area (Å²) in [6, 6.07) is 25.3. The van der Waals surface area contributed by atoms with Crippen LogP contribution in [0.3, 0.4) is 0 Å². The van der Waals surface area contributed by atoms with Gasteiger partial charge in [-0.1, -0.05) is 54.6 Å². The number of aromatic nitrogens is 8. The molecule has 0 radical (unpaired) electrons. The van der Waals surface area contributed by atoms with Gasteiger partial charge in [0.05, 0.1) is 79.0 Å². The summed E-state index contributed by atoms with van der Waals surface area (Å²) in [5.74, 6) is 2.52. The summed E-state index contributed by atoms with van der Waals surface area (Å²) >= 11 is 0. The zero-order valence-corrected chi connectivity index (χ0v) is 30.2. The molecule has 2 aromatic carbocycles. The first-order chi connectivity index (χ1) is 27.4. The first-order valence-corrected chi connectivity index (χ1v) is 17.3. The summed E-state index contributed by atoms with van der Waals surface area (Å²) in [5, 5.41) is 17.3. The van der Waals surface area contributed by atoms with E-state index in [-0.39, 0.29) is 12.5 Å². The van der Waals surface area contributed by atoms with Gasteiger partial charge in [-0.05, 0) is 12.1 Å². The molecule has 8 aromatic rings. The third kappa shape index (κ3) is 7.27. The highest BCUT2D eigenvalue weighted by Crippen LogP contribution is 2.31. The van der Waals surface area contributed by atoms with Crippen molar-refractivity contribution in [2.75, 3.05) is 37.1 Å². The number of ether oxygens (including phenoxy) is 2. The number of guanidine groups is 1. The van der Waals surface area contributed by atoms with Gasteiger partial charge in [0.2, 0.25) is 11.9 Å². The van der Waals surface area contributed by atoms with Crippen LogP contribution in [0.25, 0.3) is 44.1 Å². The van der Waals surface area contributed by atoms with Gasteiger partial charge in [-0.25, -0.2) is 24.9 Å². The molecule has 56 heavy (non-hydrogen) atoms. The Morgan fingerprint density at radius 1 is 0.679 bits per heavy atom. The number of benzene rings is 2. The molecule has 1 aliphatic rings. The molecule has 9 rings (SSSR count). The second kappa shape index (κ2) is 15.3. The quantitative estimate of drug-likeness (QED) is 0.154. The van der Waals surface area contributed by atoms with Gasteiger partial charge in [-0.2, -0.15) is 0 Å². The molecule has 1 atom stereocenters. The lowest BCUT2D eigenvalue weighted by Crippen LogP contribution is -2.44. The Hall–Kier alpha value is -7.72. The van der Waals surface area contributed by atoms with E-state index < -0.39 is 5.54 Å². The zero-order chi connectivity index (χ0) is 38.5. The molecule has 6 N–H and O–H groups in total. The van der Waals surface area contributed by atoms with Crippen LogP contribution in [-0.2, 0) is 5.54 Å². The van der Waals surface area contributed by atoms with Crippen LogP contribution in [0.15, 0.2) is 126 Å². The third-order valence-corrected chi connectivity index (χ3v) is 8.90. The van der Waals surface area contributed by atoms with Gasteiger partial charge in [-0.3, -0.25) is 15.0 Å². The van der Waals surface area contributed by atoms with Gasteiger partial charge < -0.3 is 31.6 Å². The van der Waals surface area contributed by atoms with Crippen molar-refractivity contribution in [3.8, 4) is 22.8 Å². The third-order valence-electron chi connectivity index (χ3n) is 8.90. The van der Waals surface area contributed by atoms with E-state index in [0.717, 1.165) is 50.0 Å². The van der Waals surface area contributed by atoms with Crippen molar-refractivity contribution in [1.82, 2.24) is 40.1 Å². The normalized spacial score (nSPS) is 14.8. The number of hydrogen-bond acceptors (Lipinski definition) is 16. The molecule has 0 bridgehead atoms. The van der Waals surface area contributed by atoms with E-state index in [1.165, 1.54) is 0 Å². The lowest BCUT2D eigenvalue weighted by Gasteiger charge is -2.27. The van der Waals surface area contributed by atoms with Gasteiger partial charge in [0, 0.05) is 52.6 Å². The van der Waals surface area contributed by atoms with Crippen molar-refractivity contribution >= 4 is 68.2 Å². The predicted octanol–water partition coefficient (Wildman–Crippen LogP) is 5.71. The highest BCUT2D eigenvalue weighted by molar-refractivity contribution is 6.08. The van der Waals surface area contributed by atoms with Crippen molar-refractivity contribution < 1.29 is 9.47 Å². The second-order valence-corrected chi connectivity index (χ2v) is 12.5. The van der Waals surface area contributed by atoms with Crippen LogP contribution in [0.4, 0.5) is 23.1 Å². The van der Waals surface area contributed by atoms with E-state index in [2.05, 4.69) is 60.7 Å². The number of nitrogens with zero attached hydrogens (tertiary/aromatic N) is 10. The number of nitrogens with two attached hydrogens (primary N) is 2. The average molecular weight is 743 g/mol. The highest BCUT2D eigenvalue weighted by atomic mass is 16.5. The topological polar surface area (TPSA) is 222 Å². The van der Waals surface area contributed by atoms with Gasteiger partial charge >= 0.3 is 0 Å². The zero-order valence-electron chi connectivity index (χ0n) is 30.2. The van der Waals surface area contributed by atoms with Crippen LogP contribution in [0.1, 0.15) is 5.56 Å². The fourth-order valence-corrected chi connectivity index (χ4v) is 6.08. The van der Waals surface area contributed by atoms with E-state index in [0.29, 0.717) is 34.3 Å². The molecule has 16 heteroatoms. The molecule has 276 valence electrons. The maximum atomic E-state index is 6.74. The molecular formula is C40H34N14O2.